The highest BCUT2D eigenvalue weighted by Crippen LogP contribution is 2.34. The van der Waals surface area contributed by atoms with Gasteiger partial charge in [0.15, 0.2) is 12.4 Å². The predicted octanol–water partition coefficient (Wildman–Crippen LogP) is 3.92. The lowest BCUT2D eigenvalue weighted by Crippen LogP contribution is -2.39. The van der Waals surface area contributed by atoms with E-state index in [2.05, 4.69) is 16.0 Å². The van der Waals surface area contributed by atoms with E-state index >= 15 is 0 Å². The number of hydrogen-bond acceptors (Lipinski definition) is 15. The van der Waals surface area contributed by atoms with Crippen LogP contribution < -0.4 is 16.0 Å². The SMILES string of the molecule is CC.CC.CC.CC.CC.CC.CNc1c(C)c(C(=O)N(C)CCNC(=O)c2c(C)c(NC(=O)C(O)CO)c(C)c(C(=O)N(C)CC(O)CO)c2C)c(C)c(C(=O)N(C)CC(O)CO)c1C.O=CC(O)CO. The minimum Gasteiger partial charge on any atom is -0.394 e. The van der Waals surface area contributed by atoms with E-state index in [9.17, 15) is 59.4 Å². The van der Waals surface area contributed by atoms with Crippen molar-refractivity contribution in [3.63, 3.8) is 0 Å². The van der Waals surface area contributed by atoms with Gasteiger partial charge in [-0.25, -0.2) is 0 Å². The predicted molar refractivity (Wildman–Crippen MR) is 289 cm³/mol. The van der Waals surface area contributed by atoms with Gasteiger partial charge >= 0.3 is 0 Å². The third-order valence-electron chi connectivity index (χ3n) is 9.85. The van der Waals surface area contributed by atoms with Crippen molar-refractivity contribution in [1.29, 1.82) is 0 Å². The number of anilines is 2. The largest absolute Gasteiger partial charge is 0.394 e. The van der Waals surface area contributed by atoms with E-state index in [0.717, 1.165) is 4.90 Å². The summed E-state index contributed by atoms with van der Waals surface area (Å²) in [6.45, 7) is 30.9. The molecule has 4 atom stereocenters. The summed E-state index contributed by atoms with van der Waals surface area (Å²) < 4.78 is 0. The summed E-state index contributed by atoms with van der Waals surface area (Å²) in [5.74, 6) is -3.11. The standard InChI is InChI=1S/C37H56N6O11.C3H6O3.6C2H6/c1-18-27(20(3)32(40-33(50)26(49)17-46)23(6)28(18)36(53)42(9)13-24(47)15-44)34(51)39-11-12-41(8)35(52)29-19(2)30(22(5)31(38-7)21(29)4)37(54)43(10)14-25(48)16-45;4-1-3(6)2-5;6*1-2/h24-26,38,44-49H,11-17H2,1-10H3,(H,39,51)(H,40,50);1,3,5-6H,2H2;6*1-2H3. The average Bonchev–Trinajstić information content (AvgIpc) is 3.40. The number of aldehydes is 1. The van der Waals surface area contributed by atoms with E-state index in [0.29, 0.717) is 22.4 Å². The summed E-state index contributed by atoms with van der Waals surface area (Å²) in [5, 5.41) is 81.9. The summed E-state index contributed by atoms with van der Waals surface area (Å²) in [6.07, 6.45) is -5.07. The zero-order chi connectivity index (χ0) is 58.3. The van der Waals surface area contributed by atoms with Gasteiger partial charge in [-0.05, 0) is 74.9 Å². The molecule has 0 spiro atoms. The van der Waals surface area contributed by atoms with Crippen molar-refractivity contribution >= 4 is 47.2 Å². The molecule has 20 nitrogen and oxygen atoms in total. The second kappa shape index (κ2) is 44.6. The Morgan fingerprint density at radius 2 is 0.833 bits per heavy atom. The van der Waals surface area contributed by atoms with Gasteiger partial charge in [0, 0.05) is 88.0 Å². The highest BCUT2D eigenvalue weighted by molar-refractivity contribution is 6.09. The molecule has 0 aromatic heterocycles. The Morgan fingerprint density at radius 1 is 0.500 bits per heavy atom. The molecule has 420 valence electrons. The number of rotatable bonds is 19. The van der Waals surface area contributed by atoms with E-state index in [1.807, 2.05) is 83.1 Å². The Kier molecular flexibility index (Phi) is 48.6. The van der Waals surface area contributed by atoms with E-state index < -0.39 is 80.4 Å². The van der Waals surface area contributed by atoms with Gasteiger partial charge in [-0.15, -0.1) is 0 Å². The van der Waals surface area contributed by atoms with Crippen molar-refractivity contribution in [1.82, 2.24) is 20.0 Å². The molecular formula is C52H98N6O14. The molecule has 0 aliphatic heterocycles. The van der Waals surface area contributed by atoms with Crippen LogP contribution in [0.15, 0.2) is 0 Å². The van der Waals surface area contributed by atoms with Gasteiger partial charge in [0.2, 0.25) is 0 Å². The third kappa shape index (κ3) is 24.1. The minimum absolute atomic E-state index is 0.0158. The first-order chi connectivity index (χ1) is 34.0. The molecule has 0 saturated carbocycles. The smallest absolute Gasteiger partial charge is 0.255 e. The number of benzene rings is 2. The van der Waals surface area contributed by atoms with Gasteiger partial charge in [-0.2, -0.15) is 0 Å². The number of hydrogen-bond donors (Lipinski definition) is 11. The molecule has 0 aliphatic rings. The molecule has 0 fully saturated rings. The van der Waals surface area contributed by atoms with E-state index in [1.54, 1.807) is 41.7 Å². The van der Waals surface area contributed by atoms with Crippen LogP contribution in [0.25, 0.3) is 0 Å². The van der Waals surface area contributed by atoms with Crippen molar-refractivity contribution < 1.29 is 69.6 Å². The van der Waals surface area contributed by atoms with Gasteiger partial charge in [-0.1, -0.05) is 83.1 Å². The van der Waals surface area contributed by atoms with Crippen LogP contribution in [0.4, 0.5) is 11.4 Å². The Bertz CT molecular complexity index is 1880. The number of nitrogens with zero attached hydrogens (tertiary/aromatic N) is 3. The van der Waals surface area contributed by atoms with E-state index in [-0.39, 0.29) is 77.1 Å². The lowest BCUT2D eigenvalue weighted by atomic mass is 9.89. The number of carbonyl (C=O) groups excluding carboxylic acids is 6. The quantitative estimate of drug-likeness (QED) is 0.0889. The van der Waals surface area contributed by atoms with Gasteiger partial charge in [-0.3, -0.25) is 24.0 Å². The molecular weight excluding hydrogens is 933 g/mol. The number of nitrogens with one attached hydrogen (secondary N) is 3. The Hall–Kier alpha value is -5.06. The fourth-order valence-electron chi connectivity index (χ4n) is 6.65. The Balaban J connectivity index is -0.000000531. The van der Waals surface area contributed by atoms with Gasteiger partial charge in [0.1, 0.15) is 6.10 Å². The lowest BCUT2D eigenvalue weighted by molar-refractivity contribution is -0.125. The first-order valence-corrected chi connectivity index (χ1v) is 24.9. The molecule has 5 amide bonds. The first-order valence-electron chi connectivity index (χ1n) is 24.9. The fraction of sp³-hybridized carbons (Fsp3) is 0.654. The minimum atomic E-state index is -1.78. The Morgan fingerprint density at radius 3 is 1.14 bits per heavy atom. The fourth-order valence-corrected chi connectivity index (χ4v) is 6.65. The van der Waals surface area contributed by atoms with Crippen LogP contribution in [0.3, 0.4) is 0 Å². The maximum atomic E-state index is 14.0. The van der Waals surface area contributed by atoms with Gasteiger partial charge < -0.3 is 76.3 Å². The first kappa shape index (κ1) is 78.4. The number of aliphatic hydroxyl groups is 8. The molecule has 0 bridgehead atoms. The number of aliphatic hydroxyl groups excluding tert-OH is 8. The highest BCUT2D eigenvalue weighted by atomic mass is 16.3. The van der Waals surface area contributed by atoms with Crippen molar-refractivity contribution in [2.45, 2.75) is 149 Å². The number of carbonyl (C=O) groups is 6. The molecule has 0 heterocycles. The monoisotopic (exact) mass is 1030 g/mol. The van der Waals surface area contributed by atoms with E-state index in [4.69, 9.17) is 10.2 Å². The van der Waals surface area contributed by atoms with Crippen LogP contribution in [0.1, 0.15) is 158 Å². The third-order valence-corrected chi connectivity index (χ3v) is 9.85. The topological polar surface area (TPSA) is 310 Å². The van der Waals surface area contributed by atoms with Crippen LogP contribution in [0.2, 0.25) is 0 Å². The van der Waals surface area contributed by atoms with Crippen LogP contribution >= 0.6 is 0 Å². The van der Waals surface area contributed by atoms with E-state index in [1.165, 1.54) is 37.9 Å². The van der Waals surface area contributed by atoms with Crippen LogP contribution in [-0.4, -0.2) is 197 Å². The molecule has 2 aromatic rings. The number of likely N-dealkylation sites (N-methyl/N-ethyl adjacent to an activating group) is 3. The van der Waals surface area contributed by atoms with Crippen LogP contribution in [-0.2, 0) is 9.59 Å². The van der Waals surface area contributed by atoms with Gasteiger partial charge in [0.25, 0.3) is 29.5 Å². The summed E-state index contributed by atoms with van der Waals surface area (Å²) in [6, 6.07) is 0. The Labute approximate surface area is 431 Å². The molecule has 0 radical (unpaired) electrons. The van der Waals surface area contributed by atoms with Crippen molar-refractivity contribution in [2.24, 2.45) is 0 Å². The molecule has 2 aromatic carbocycles. The molecule has 20 heteroatoms. The van der Waals surface area contributed by atoms with Crippen molar-refractivity contribution in [3.05, 3.63) is 55.6 Å². The second-order valence-electron chi connectivity index (χ2n) is 14.4. The normalized spacial score (nSPS) is 11.2. The second-order valence-corrected chi connectivity index (χ2v) is 14.4. The molecule has 72 heavy (non-hydrogen) atoms. The molecule has 4 unspecified atom stereocenters. The molecule has 0 saturated heterocycles. The summed E-state index contributed by atoms with van der Waals surface area (Å²) in [7, 11) is 6.09. The van der Waals surface area contributed by atoms with Crippen molar-refractivity contribution in [3.8, 4) is 0 Å². The van der Waals surface area contributed by atoms with Crippen LogP contribution in [0, 0.1) is 41.5 Å². The molecule has 11 N–H and O–H groups in total. The maximum Gasteiger partial charge on any atom is 0.255 e. The summed E-state index contributed by atoms with van der Waals surface area (Å²) >= 11 is 0. The maximum absolute atomic E-state index is 14.0. The zero-order valence-electron chi connectivity index (χ0n) is 47.9. The lowest BCUT2D eigenvalue weighted by Gasteiger charge is -2.27. The highest BCUT2D eigenvalue weighted by Gasteiger charge is 2.31. The summed E-state index contributed by atoms with van der Waals surface area (Å²) in [4.78, 5) is 80.8. The zero-order valence-corrected chi connectivity index (χ0v) is 47.9. The number of amides is 5. The van der Waals surface area contributed by atoms with Crippen LogP contribution in [0.5, 0.6) is 0 Å². The molecule has 2 rings (SSSR count). The summed E-state index contributed by atoms with van der Waals surface area (Å²) in [5.41, 5.74) is 3.64. The molecule has 0 aliphatic carbocycles. The van der Waals surface area contributed by atoms with Crippen molar-refractivity contribution in [2.75, 3.05) is 91.4 Å². The van der Waals surface area contributed by atoms with Gasteiger partial charge in [0.05, 0.1) is 38.6 Å². The average molecular weight is 1030 g/mol.